The maximum atomic E-state index is 13.8. The molecule has 0 bridgehead atoms. The molecule has 0 spiro atoms. The Balaban J connectivity index is 1.96. The Bertz CT molecular complexity index is 880. The largest absolute Gasteiger partial charge is 0.346 e. The minimum atomic E-state index is -0.875. The topological polar surface area (TPSA) is 76.0 Å². The quantitative estimate of drug-likeness (QED) is 0.863. The molecule has 2 amide bonds. The van der Waals surface area contributed by atoms with Crippen molar-refractivity contribution in [1.29, 1.82) is 0 Å². The smallest absolute Gasteiger partial charge is 0.291 e. The van der Waals surface area contributed by atoms with Gasteiger partial charge in [-0.3, -0.25) is 9.59 Å². The molecular weight excluding hydrogens is 354 g/mol. The molecular formula is C19H22F2N4O2. The van der Waals surface area contributed by atoms with Crippen molar-refractivity contribution in [3.8, 4) is 0 Å². The van der Waals surface area contributed by atoms with E-state index in [1.54, 1.807) is 4.57 Å². The number of carbonyl (C=O) groups excluding carboxylic acids is 2. The minimum Gasteiger partial charge on any atom is -0.346 e. The minimum absolute atomic E-state index is 0.0218. The van der Waals surface area contributed by atoms with E-state index < -0.39 is 28.8 Å². The van der Waals surface area contributed by atoms with Gasteiger partial charge >= 0.3 is 0 Å². The van der Waals surface area contributed by atoms with E-state index in [4.69, 9.17) is 0 Å². The highest BCUT2D eigenvalue weighted by molar-refractivity contribution is 6.04. The van der Waals surface area contributed by atoms with Crippen molar-refractivity contribution in [3.63, 3.8) is 0 Å². The summed E-state index contributed by atoms with van der Waals surface area (Å²) in [5, 5.41) is 5.08. The lowest BCUT2D eigenvalue weighted by atomic mass is 10.1. The number of aromatic nitrogens is 2. The van der Waals surface area contributed by atoms with Crippen molar-refractivity contribution < 1.29 is 18.4 Å². The van der Waals surface area contributed by atoms with Gasteiger partial charge in [0.2, 0.25) is 0 Å². The highest BCUT2D eigenvalue weighted by Gasteiger charge is 2.29. The van der Waals surface area contributed by atoms with Gasteiger partial charge in [0, 0.05) is 12.1 Å². The van der Waals surface area contributed by atoms with Gasteiger partial charge in [0.15, 0.2) is 5.82 Å². The molecule has 1 aromatic heterocycles. The van der Waals surface area contributed by atoms with Crippen LogP contribution in [0.4, 0.5) is 14.5 Å². The average molecular weight is 376 g/mol. The maximum absolute atomic E-state index is 13.8. The summed E-state index contributed by atoms with van der Waals surface area (Å²) in [5.41, 5.74) is -0.136. The monoisotopic (exact) mass is 376 g/mol. The fraction of sp³-hybridized carbons (Fsp3) is 0.421. The summed E-state index contributed by atoms with van der Waals surface area (Å²) in [6.45, 7) is 6.07. The molecule has 2 aromatic rings. The molecule has 27 heavy (non-hydrogen) atoms. The first kappa shape index (κ1) is 19.0. The van der Waals surface area contributed by atoms with Crippen LogP contribution in [0.15, 0.2) is 18.2 Å². The number of rotatable bonds is 3. The van der Waals surface area contributed by atoms with Gasteiger partial charge in [0.1, 0.15) is 23.0 Å². The molecule has 8 heteroatoms. The van der Waals surface area contributed by atoms with Crippen LogP contribution in [0.1, 0.15) is 60.4 Å². The van der Waals surface area contributed by atoms with Gasteiger partial charge in [-0.25, -0.2) is 13.8 Å². The lowest BCUT2D eigenvalue weighted by Gasteiger charge is -2.21. The van der Waals surface area contributed by atoms with Gasteiger partial charge in [-0.05, 0) is 52.2 Å². The van der Waals surface area contributed by atoms with Gasteiger partial charge in [-0.15, -0.1) is 0 Å². The number of nitrogens with one attached hydrogen (secondary N) is 2. The summed E-state index contributed by atoms with van der Waals surface area (Å²) < 4.78 is 29.3. The summed E-state index contributed by atoms with van der Waals surface area (Å²) >= 11 is 0. The van der Waals surface area contributed by atoms with E-state index in [9.17, 15) is 18.4 Å². The first-order valence-electron chi connectivity index (χ1n) is 8.84. The molecule has 3 rings (SSSR count). The number of anilines is 1. The predicted molar refractivity (Wildman–Crippen MR) is 96.7 cm³/mol. The third-order valence-corrected chi connectivity index (χ3v) is 4.23. The molecule has 0 radical (unpaired) electrons. The van der Waals surface area contributed by atoms with Crippen molar-refractivity contribution in [2.75, 3.05) is 5.32 Å². The molecule has 0 aliphatic carbocycles. The average Bonchev–Trinajstić information content (AvgIpc) is 2.96. The van der Waals surface area contributed by atoms with Gasteiger partial charge in [-0.1, -0.05) is 6.07 Å². The van der Waals surface area contributed by atoms with E-state index >= 15 is 0 Å². The highest BCUT2D eigenvalue weighted by atomic mass is 19.1. The van der Waals surface area contributed by atoms with Crippen LogP contribution >= 0.6 is 0 Å². The Kier molecular flexibility index (Phi) is 4.99. The predicted octanol–water partition coefficient (Wildman–Crippen LogP) is 3.28. The van der Waals surface area contributed by atoms with Crippen LogP contribution in [0.5, 0.6) is 0 Å². The molecule has 2 heterocycles. The highest BCUT2D eigenvalue weighted by Crippen LogP contribution is 2.24. The van der Waals surface area contributed by atoms with Crippen LogP contribution in [0, 0.1) is 11.6 Å². The fourth-order valence-electron chi connectivity index (χ4n) is 3.08. The maximum Gasteiger partial charge on any atom is 0.291 e. The first-order valence-corrected chi connectivity index (χ1v) is 8.84. The summed E-state index contributed by atoms with van der Waals surface area (Å²) in [4.78, 5) is 29.5. The molecule has 0 fully saturated rings. The van der Waals surface area contributed by atoms with E-state index in [-0.39, 0.29) is 17.4 Å². The van der Waals surface area contributed by atoms with Crippen molar-refractivity contribution >= 4 is 17.5 Å². The molecule has 6 nitrogen and oxygen atoms in total. The molecule has 144 valence electrons. The lowest BCUT2D eigenvalue weighted by molar-refractivity contribution is 0.0913. The lowest BCUT2D eigenvalue weighted by Crippen LogP contribution is -2.41. The number of imidazole rings is 1. The van der Waals surface area contributed by atoms with E-state index in [0.29, 0.717) is 18.7 Å². The summed E-state index contributed by atoms with van der Waals surface area (Å²) in [5.74, 6) is -2.90. The van der Waals surface area contributed by atoms with Gasteiger partial charge in [0.25, 0.3) is 11.8 Å². The van der Waals surface area contributed by atoms with Crippen LogP contribution < -0.4 is 10.6 Å². The summed E-state index contributed by atoms with van der Waals surface area (Å²) in [7, 11) is 0. The molecule has 1 aromatic carbocycles. The molecule has 0 atom stereocenters. The van der Waals surface area contributed by atoms with Crippen LogP contribution in [-0.2, 0) is 13.0 Å². The first-order chi connectivity index (χ1) is 12.7. The zero-order valence-corrected chi connectivity index (χ0v) is 15.5. The number of fused-ring (bicyclic) bond motifs is 1. The number of para-hydroxylation sites is 1. The van der Waals surface area contributed by atoms with E-state index in [2.05, 4.69) is 15.6 Å². The number of halogens is 2. The normalized spacial score (nSPS) is 13.8. The van der Waals surface area contributed by atoms with E-state index in [1.807, 2.05) is 20.8 Å². The Morgan fingerprint density at radius 1 is 1.11 bits per heavy atom. The second kappa shape index (κ2) is 7.09. The Morgan fingerprint density at radius 2 is 1.78 bits per heavy atom. The Hall–Kier alpha value is -2.77. The third-order valence-electron chi connectivity index (χ3n) is 4.23. The van der Waals surface area contributed by atoms with Crippen molar-refractivity contribution in [3.05, 3.63) is 47.0 Å². The second-order valence-electron chi connectivity index (χ2n) is 7.59. The molecule has 1 aliphatic rings. The molecule has 0 saturated carbocycles. The van der Waals surface area contributed by atoms with Crippen molar-refractivity contribution in [1.82, 2.24) is 14.9 Å². The van der Waals surface area contributed by atoms with Gasteiger partial charge in [-0.2, -0.15) is 0 Å². The molecule has 0 unspecified atom stereocenters. The van der Waals surface area contributed by atoms with E-state index in [0.717, 1.165) is 25.0 Å². The second-order valence-corrected chi connectivity index (χ2v) is 7.59. The summed E-state index contributed by atoms with van der Waals surface area (Å²) in [6, 6.07) is 3.33. The number of nitrogens with zero attached hydrogens (tertiary/aromatic N) is 2. The van der Waals surface area contributed by atoms with Crippen LogP contribution in [0.25, 0.3) is 0 Å². The molecule has 2 N–H and O–H groups in total. The standard InChI is InChI=1S/C19H22F2N4O2/c1-19(2,3)24-17(26)15-13-9-4-5-10-25(13)16(22-15)18(27)23-14-11(20)7-6-8-12(14)21/h6-8H,4-5,9-10H2,1-3H3,(H,23,27)(H,24,26). The van der Waals surface area contributed by atoms with Gasteiger partial charge in [0.05, 0.1) is 5.69 Å². The fourth-order valence-corrected chi connectivity index (χ4v) is 3.08. The molecule has 0 saturated heterocycles. The third kappa shape index (κ3) is 3.99. The summed E-state index contributed by atoms with van der Waals surface area (Å²) in [6.07, 6.45) is 2.32. The van der Waals surface area contributed by atoms with Crippen LogP contribution in [0.3, 0.4) is 0 Å². The van der Waals surface area contributed by atoms with Crippen molar-refractivity contribution in [2.45, 2.75) is 52.1 Å². The number of amides is 2. The van der Waals surface area contributed by atoms with Crippen molar-refractivity contribution in [2.24, 2.45) is 0 Å². The number of carbonyl (C=O) groups is 2. The zero-order valence-electron chi connectivity index (χ0n) is 15.5. The zero-order chi connectivity index (χ0) is 19.8. The Morgan fingerprint density at radius 3 is 2.41 bits per heavy atom. The van der Waals surface area contributed by atoms with E-state index in [1.165, 1.54) is 6.07 Å². The number of benzene rings is 1. The number of hydrogen-bond donors (Lipinski definition) is 2. The van der Waals surface area contributed by atoms with Crippen LogP contribution in [0.2, 0.25) is 0 Å². The van der Waals surface area contributed by atoms with Gasteiger partial charge < -0.3 is 15.2 Å². The molecule has 1 aliphatic heterocycles. The Labute approximate surface area is 156 Å². The SMILES string of the molecule is CC(C)(C)NC(=O)c1nc(C(=O)Nc2c(F)cccc2F)n2c1CCCC2. The van der Waals surface area contributed by atoms with Crippen LogP contribution in [-0.4, -0.2) is 26.9 Å². The number of hydrogen-bond acceptors (Lipinski definition) is 3.